The van der Waals surface area contributed by atoms with Crippen LogP contribution < -0.4 is 5.73 Å². The van der Waals surface area contributed by atoms with Crippen LogP contribution in [0.3, 0.4) is 0 Å². The third kappa shape index (κ3) is 3.40. The highest BCUT2D eigenvalue weighted by Crippen LogP contribution is 2.49. The molecule has 0 spiro atoms. The van der Waals surface area contributed by atoms with Crippen LogP contribution in [0, 0.1) is 5.82 Å². The van der Waals surface area contributed by atoms with Crippen molar-refractivity contribution in [3.63, 3.8) is 0 Å². The first-order chi connectivity index (χ1) is 14.9. The molecule has 6 nitrogen and oxygen atoms in total. The maximum Gasteiger partial charge on any atom is 0.343 e. The monoisotopic (exact) mass is 440 g/mol. The van der Waals surface area contributed by atoms with Gasteiger partial charge in [0.1, 0.15) is 11.4 Å². The summed E-state index contributed by atoms with van der Waals surface area (Å²) >= 11 is 0. The van der Waals surface area contributed by atoms with E-state index in [0.717, 1.165) is 41.8 Å². The van der Waals surface area contributed by atoms with Gasteiger partial charge in [-0.15, -0.1) is 0 Å². The molecule has 8 heteroatoms. The zero-order chi connectivity index (χ0) is 21.8. The van der Waals surface area contributed by atoms with Crippen molar-refractivity contribution in [1.29, 1.82) is 0 Å². The first-order valence-electron chi connectivity index (χ1n) is 10.3. The Morgan fingerprint density at radius 1 is 1.00 bits per heavy atom. The first-order valence-corrected chi connectivity index (χ1v) is 11.7. The molecule has 31 heavy (non-hydrogen) atoms. The van der Waals surface area contributed by atoms with Gasteiger partial charge in [-0.1, -0.05) is 30.3 Å². The molecule has 3 aromatic rings. The maximum atomic E-state index is 13.3. The van der Waals surface area contributed by atoms with Gasteiger partial charge in [-0.05, 0) is 54.2 Å². The summed E-state index contributed by atoms with van der Waals surface area (Å²) in [4.78, 5) is 12.7. The van der Waals surface area contributed by atoms with E-state index in [1.165, 1.54) is 16.4 Å². The van der Waals surface area contributed by atoms with Gasteiger partial charge in [0.05, 0.1) is 22.8 Å². The molecule has 160 valence electrons. The molecule has 3 N–H and O–H groups in total. The van der Waals surface area contributed by atoms with Gasteiger partial charge in [0.15, 0.2) is 0 Å². The standard InChI is InChI=1S/C23H22FN3O3S/c24-17-8-10-18(11-9-17)31(29,30)26-12-13-27-19(14-26)21(23(25)28)20(15-6-7-15)22(27)16-4-2-1-3-5-16/h1-5,8-11,15H,6-7,12-14H2,(H2,25,28)/p+1. The second kappa shape index (κ2) is 7.40. The average Bonchev–Trinajstić information content (AvgIpc) is 3.54. The van der Waals surface area contributed by atoms with Crippen molar-refractivity contribution in [2.24, 2.45) is 0 Å². The Balaban J connectivity index is 1.63. The van der Waals surface area contributed by atoms with Gasteiger partial charge in [0.2, 0.25) is 10.0 Å². The number of halogens is 1. The third-order valence-electron chi connectivity index (χ3n) is 6.07. The summed E-state index contributed by atoms with van der Waals surface area (Å²) in [5, 5.41) is 0. The topological polar surface area (TPSA) is 87.0 Å². The molecule has 2 heterocycles. The zero-order valence-electron chi connectivity index (χ0n) is 16.9. The SMILES string of the molecule is [NH3+]C(=O)c1c(C2CC2)c(-c2ccccc2)n2c1CN(S(=O)(=O)c1ccc(F)cc1)CC2. The lowest BCUT2D eigenvalue weighted by Gasteiger charge is -2.29. The zero-order valence-corrected chi connectivity index (χ0v) is 17.7. The molecule has 1 amide bonds. The van der Waals surface area contributed by atoms with Crippen LogP contribution in [0.4, 0.5) is 4.39 Å². The van der Waals surface area contributed by atoms with Crippen LogP contribution >= 0.6 is 0 Å². The molecule has 1 saturated carbocycles. The van der Waals surface area contributed by atoms with Crippen LogP contribution in [-0.4, -0.2) is 29.7 Å². The van der Waals surface area contributed by atoms with Crippen LogP contribution in [0.2, 0.25) is 0 Å². The summed E-state index contributed by atoms with van der Waals surface area (Å²) in [7, 11) is -3.82. The number of aromatic nitrogens is 1. The van der Waals surface area contributed by atoms with Gasteiger partial charge in [0, 0.05) is 13.1 Å². The van der Waals surface area contributed by atoms with Crippen LogP contribution in [0.5, 0.6) is 0 Å². The Morgan fingerprint density at radius 3 is 2.29 bits per heavy atom. The lowest BCUT2D eigenvalue weighted by molar-refractivity contribution is -0.255. The molecule has 1 aliphatic heterocycles. The minimum Gasteiger partial charge on any atom is -0.341 e. The van der Waals surface area contributed by atoms with E-state index in [9.17, 15) is 17.6 Å². The smallest absolute Gasteiger partial charge is 0.341 e. The van der Waals surface area contributed by atoms with Crippen LogP contribution in [0.15, 0.2) is 59.5 Å². The number of benzene rings is 2. The van der Waals surface area contributed by atoms with Gasteiger partial charge in [-0.25, -0.2) is 17.6 Å². The number of carbonyl (C=O) groups is 1. The third-order valence-corrected chi connectivity index (χ3v) is 7.93. The molecular formula is C23H23FN3O3S+. The molecule has 0 saturated heterocycles. The van der Waals surface area contributed by atoms with Crippen molar-refractivity contribution < 1.29 is 23.3 Å². The molecule has 1 aliphatic carbocycles. The molecule has 5 rings (SSSR count). The van der Waals surface area contributed by atoms with Gasteiger partial charge in [-0.3, -0.25) is 5.73 Å². The molecule has 0 unspecified atom stereocenters. The van der Waals surface area contributed by atoms with Crippen LogP contribution in [-0.2, 0) is 23.1 Å². The average molecular weight is 441 g/mol. The lowest BCUT2D eigenvalue weighted by Crippen LogP contribution is -2.57. The van der Waals surface area contributed by atoms with Gasteiger partial charge in [0.25, 0.3) is 0 Å². The van der Waals surface area contributed by atoms with Crippen molar-refractivity contribution in [3.8, 4) is 11.3 Å². The summed E-state index contributed by atoms with van der Waals surface area (Å²) in [6.45, 7) is 0.798. The fraction of sp³-hybridized carbons (Fsp3) is 0.261. The Bertz CT molecular complexity index is 1260. The van der Waals surface area contributed by atoms with E-state index in [1.807, 2.05) is 30.3 Å². The number of amides is 1. The van der Waals surface area contributed by atoms with E-state index in [0.29, 0.717) is 23.7 Å². The molecule has 1 aromatic heterocycles. The largest absolute Gasteiger partial charge is 0.343 e. The highest BCUT2D eigenvalue weighted by Gasteiger charge is 2.40. The number of hydrogen-bond donors (Lipinski definition) is 1. The highest BCUT2D eigenvalue weighted by molar-refractivity contribution is 7.89. The minimum atomic E-state index is -3.82. The Hall–Kier alpha value is -2.81. The van der Waals surface area contributed by atoms with E-state index in [4.69, 9.17) is 0 Å². The first kappa shape index (κ1) is 20.1. The van der Waals surface area contributed by atoms with E-state index >= 15 is 0 Å². The van der Waals surface area contributed by atoms with Gasteiger partial charge in [-0.2, -0.15) is 4.31 Å². The van der Waals surface area contributed by atoms with E-state index in [1.54, 1.807) is 0 Å². The van der Waals surface area contributed by atoms with Crippen molar-refractivity contribution in [2.75, 3.05) is 6.54 Å². The molecule has 0 atom stereocenters. The van der Waals surface area contributed by atoms with Crippen molar-refractivity contribution in [3.05, 3.63) is 77.2 Å². The number of quaternary nitrogens is 1. The number of carbonyl (C=O) groups excluding carboxylic acids is 1. The van der Waals surface area contributed by atoms with Gasteiger partial charge >= 0.3 is 5.91 Å². The summed E-state index contributed by atoms with van der Waals surface area (Å²) in [6, 6.07) is 14.8. The number of fused-ring (bicyclic) bond motifs is 1. The van der Waals surface area contributed by atoms with E-state index in [2.05, 4.69) is 10.3 Å². The summed E-state index contributed by atoms with van der Waals surface area (Å²) < 4.78 is 43.1. The fourth-order valence-electron chi connectivity index (χ4n) is 4.51. The molecule has 1 fully saturated rings. The number of nitrogens with zero attached hydrogens (tertiary/aromatic N) is 2. The highest BCUT2D eigenvalue weighted by atomic mass is 32.2. The predicted molar refractivity (Wildman–Crippen MR) is 113 cm³/mol. The summed E-state index contributed by atoms with van der Waals surface area (Å²) in [6.07, 6.45) is 2.03. The Morgan fingerprint density at radius 2 is 1.68 bits per heavy atom. The van der Waals surface area contributed by atoms with Gasteiger partial charge < -0.3 is 4.57 Å². The number of sulfonamides is 1. The summed E-state index contributed by atoms with van der Waals surface area (Å²) in [5.74, 6) is -0.469. The number of rotatable bonds is 5. The van der Waals surface area contributed by atoms with Crippen LogP contribution in [0.25, 0.3) is 11.3 Å². The lowest BCUT2D eigenvalue weighted by atomic mass is 9.99. The van der Waals surface area contributed by atoms with Crippen molar-refractivity contribution >= 4 is 15.9 Å². The predicted octanol–water partition coefficient (Wildman–Crippen LogP) is 2.76. The molecular weight excluding hydrogens is 417 g/mol. The van der Waals surface area contributed by atoms with Crippen LogP contribution in [0.1, 0.15) is 40.4 Å². The fourth-order valence-corrected chi connectivity index (χ4v) is 5.90. The Kier molecular flexibility index (Phi) is 4.80. The molecule has 0 bridgehead atoms. The quantitative estimate of drug-likeness (QED) is 0.662. The van der Waals surface area contributed by atoms with E-state index < -0.39 is 15.8 Å². The molecule has 0 radical (unpaired) electrons. The second-order valence-corrected chi connectivity index (χ2v) is 10.0. The molecule has 2 aliphatic rings. The Labute approximate surface area is 180 Å². The normalized spacial score (nSPS) is 16.8. The van der Waals surface area contributed by atoms with Crippen molar-refractivity contribution in [2.45, 2.75) is 36.7 Å². The second-order valence-electron chi connectivity index (χ2n) is 8.09. The number of hydrogen-bond acceptors (Lipinski definition) is 3. The maximum absolute atomic E-state index is 13.3. The van der Waals surface area contributed by atoms with E-state index in [-0.39, 0.29) is 23.9 Å². The van der Waals surface area contributed by atoms with Crippen molar-refractivity contribution in [1.82, 2.24) is 8.87 Å². The summed E-state index contributed by atoms with van der Waals surface area (Å²) in [5.41, 5.74) is 7.96. The minimum absolute atomic E-state index is 0.0436. The molecule has 2 aromatic carbocycles.